The number of hydrogen-bond donors (Lipinski definition) is 0. The van der Waals surface area contributed by atoms with Crippen LogP contribution in [0.15, 0.2) is 24.3 Å². The van der Waals surface area contributed by atoms with E-state index in [0.717, 1.165) is 10.5 Å². The van der Waals surface area contributed by atoms with Crippen LogP contribution in [0.4, 0.5) is 0 Å². The second-order valence-electron chi connectivity index (χ2n) is 4.63. The molecule has 0 spiro atoms. The molecule has 15 heavy (non-hydrogen) atoms. The lowest BCUT2D eigenvalue weighted by Crippen LogP contribution is -2.13. The van der Waals surface area contributed by atoms with Crippen LogP contribution < -0.4 is 0 Å². The van der Waals surface area contributed by atoms with Crippen molar-refractivity contribution in [3.8, 4) is 0 Å². The Labute approximate surface area is 92.9 Å². The molecular formula is C12H13NOS. The SMILES string of the molecule is CC1(C)O[C@@]1(C)c1nc2ccccc2s1. The molecule has 0 aliphatic carbocycles. The lowest BCUT2D eigenvalue weighted by Gasteiger charge is -2.02. The first kappa shape index (κ1) is 9.31. The molecule has 2 nitrogen and oxygen atoms in total. The van der Waals surface area contributed by atoms with Gasteiger partial charge in [0.2, 0.25) is 0 Å². The van der Waals surface area contributed by atoms with Gasteiger partial charge in [-0.05, 0) is 32.9 Å². The molecule has 1 aliphatic heterocycles. The summed E-state index contributed by atoms with van der Waals surface area (Å²) in [6.07, 6.45) is 0. The molecule has 1 atom stereocenters. The van der Waals surface area contributed by atoms with Crippen LogP contribution in [0, 0.1) is 0 Å². The molecule has 3 rings (SSSR count). The van der Waals surface area contributed by atoms with Gasteiger partial charge in [0.25, 0.3) is 0 Å². The van der Waals surface area contributed by atoms with Gasteiger partial charge in [0.15, 0.2) is 0 Å². The Balaban J connectivity index is 2.14. The molecule has 78 valence electrons. The number of para-hydroxylation sites is 1. The van der Waals surface area contributed by atoms with Crippen molar-refractivity contribution in [2.45, 2.75) is 32.0 Å². The molecule has 3 heteroatoms. The van der Waals surface area contributed by atoms with Crippen molar-refractivity contribution in [1.29, 1.82) is 0 Å². The molecule has 0 unspecified atom stereocenters. The summed E-state index contributed by atoms with van der Waals surface area (Å²) in [4.78, 5) is 4.64. The highest BCUT2D eigenvalue weighted by atomic mass is 32.1. The van der Waals surface area contributed by atoms with Crippen LogP contribution in [0.2, 0.25) is 0 Å². The number of nitrogens with zero attached hydrogens (tertiary/aromatic N) is 1. The highest BCUT2D eigenvalue weighted by Crippen LogP contribution is 2.56. The van der Waals surface area contributed by atoms with Gasteiger partial charge in [0, 0.05) is 0 Å². The van der Waals surface area contributed by atoms with Gasteiger partial charge in [-0.1, -0.05) is 12.1 Å². The van der Waals surface area contributed by atoms with E-state index in [2.05, 4.69) is 31.8 Å². The fraction of sp³-hybridized carbons (Fsp3) is 0.417. The minimum Gasteiger partial charge on any atom is -0.356 e. The van der Waals surface area contributed by atoms with Crippen molar-refractivity contribution < 1.29 is 4.74 Å². The smallest absolute Gasteiger partial charge is 0.146 e. The van der Waals surface area contributed by atoms with Crippen LogP contribution in [0.1, 0.15) is 25.8 Å². The Bertz CT molecular complexity index is 498. The van der Waals surface area contributed by atoms with Crippen molar-refractivity contribution in [3.63, 3.8) is 0 Å². The summed E-state index contributed by atoms with van der Waals surface area (Å²) in [7, 11) is 0. The molecule has 0 amide bonds. The number of ether oxygens (including phenoxy) is 1. The zero-order chi connectivity index (χ0) is 10.7. The molecule has 0 N–H and O–H groups in total. The van der Waals surface area contributed by atoms with Gasteiger partial charge in [0.05, 0.1) is 15.8 Å². The molecule has 0 saturated carbocycles. The second kappa shape index (κ2) is 2.60. The first-order valence-electron chi connectivity index (χ1n) is 5.09. The first-order chi connectivity index (χ1) is 7.03. The maximum Gasteiger partial charge on any atom is 0.146 e. The quantitative estimate of drug-likeness (QED) is 0.687. The van der Waals surface area contributed by atoms with Crippen LogP contribution in [0.3, 0.4) is 0 Å². The minimum absolute atomic E-state index is 0.0686. The Hall–Kier alpha value is -0.930. The summed E-state index contributed by atoms with van der Waals surface area (Å²) in [6.45, 7) is 6.34. The summed E-state index contributed by atoms with van der Waals surface area (Å²) in [6, 6.07) is 8.22. The zero-order valence-electron chi connectivity index (χ0n) is 9.07. The normalized spacial score (nSPS) is 28.2. The first-order valence-corrected chi connectivity index (χ1v) is 5.91. The van der Waals surface area contributed by atoms with Crippen LogP contribution in [0.25, 0.3) is 10.2 Å². The third kappa shape index (κ3) is 1.17. The molecule has 1 fully saturated rings. The Morgan fingerprint density at radius 2 is 1.87 bits per heavy atom. The number of benzene rings is 1. The van der Waals surface area contributed by atoms with Crippen molar-refractivity contribution in [2.24, 2.45) is 0 Å². The maximum atomic E-state index is 5.76. The van der Waals surface area contributed by atoms with Gasteiger partial charge in [-0.2, -0.15) is 0 Å². The fourth-order valence-electron chi connectivity index (χ4n) is 1.86. The lowest BCUT2D eigenvalue weighted by atomic mass is 9.99. The van der Waals surface area contributed by atoms with Crippen LogP contribution >= 0.6 is 11.3 Å². The van der Waals surface area contributed by atoms with Crippen molar-refractivity contribution in [1.82, 2.24) is 4.98 Å². The maximum absolute atomic E-state index is 5.76. The zero-order valence-corrected chi connectivity index (χ0v) is 9.89. The lowest BCUT2D eigenvalue weighted by molar-refractivity contribution is 0.287. The summed E-state index contributed by atoms with van der Waals surface area (Å²) >= 11 is 1.73. The molecule has 1 aromatic carbocycles. The van der Waals surface area contributed by atoms with E-state index in [1.807, 2.05) is 18.2 Å². The van der Waals surface area contributed by atoms with Crippen LogP contribution in [0.5, 0.6) is 0 Å². The summed E-state index contributed by atoms with van der Waals surface area (Å²) < 4.78 is 6.99. The summed E-state index contributed by atoms with van der Waals surface area (Å²) in [5.74, 6) is 0. The van der Waals surface area contributed by atoms with E-state index >= 15 is 0 Å². The van der Waals surface area contributed by atoms with E-state index in [1.165, 1.54) is 4.70 Å². The molecule has 1 saturated heterocycles. The summed E-state index contributed by atoms with van der Waals surface area (Å²) in [5, 5.41) is 1.09. The Morgan fingerprint density at radius 3 is 2.47 bits per heavy atom. The van der Waals surface area contributed by atoms with E-state index in [-0.39, 0.29) is 11.2 Å². The third-order valence-electron chi connectivity index (χ3n) is 3.27. The largest absolute Gasteiger partial charge is 0.356 e. The topological polar surface area (TPSA) is 25.4 Å². The fourth-order valence-corrected chi connectivity index (χ4v) is 3.06. The number of hydrogen-bond acceptors (Lipinski definition) is 3. The highest BCUT2D eigenvalue weighted by Gasteiger charge is 2.63. The molecule has 0 radical (unpaired) electrons. The van der Waals surface area contributed by atoms with Crippen molar-refractivity contribution >= 4 is 21.6 Å². The molecular weight excluding hydrogens is 206 g/mol. The highest BCUT2D eigenvalue weighted by molar-refractivity contribution is 7.18. The number of aromatic nitrogens is 1. The van der Waals surface area contributed by atoms with Gasteiger partial charge in [-0.3, -0.25) is 0 Å². The molecule has 0 bridgehead atoms. The molecule has 2 aromatic rings. The Morgan fingerprint density at radius 1 is 1.20 bits per heavy atom. The van der Waals surface area contributed by atoms with Gasteiger partial charge >= 0.3 is 0 Å². The number of rotatable bonds is 1. The van der Waals surface area contributed by atoms with E-state index in [0.29, 0.717) is 0 Å². The second-order valence-corrected chi connectivity index (χ2v) is 5.66. The third-order valence-corrected chi connectivity index (χ3v) is 4.51. The van der Waals surface area contributed by atoms with Crippen molar-refractivity contribution in [3.05, 3.63) is 29.3 Å². The van der Waals surface area contributed by atoms with Gasteiger partial charge in [-0.15, -0.1) is 11.3 Å². The molecule has 1 aliphatic rings. The average molecular weight is 219 g/mol. The van der Waals surface area contributed by atoms with E-state index in [4.69, 9.17) is 4.74 Å². The van der Waals surface area contributed by atoms with E-state index < -0.39 is 0 Å². The van der Waals surface area contributed by atoms with Crippen LogP contribution in [-0.4, -0.2) is 10.6 Å². The molecule has 1 aromatic heterocycles. The van der Waals surface area contributed by atoms with Gasteiger partial charge < -0.3 is 4.74 Å². The van der Waals surface area contributed by atoms with Crippen molar-refractivity contribution in [2.75, 3.05) is 0 Å². The monoisotopic (exact) mass is 219 g/mol. The van der Waals surface area contributed by atoms with Gasteiger partial charge in [0.1, 0.15) is 10.6 Å². The van der Waals surface area contributed by atoms with Gasteiger partial charge in [-0.25, -0.2) is 4.98 Å². The summed E-state index contributed by atoms with van der Waals surface area (Å²) in [5.41, 5.74) is 0.822. The predicted molar refractivity (Wildman–Crippen MR) is 62.1 cm³/mol. The Kier molecular flexibility index (Phi) is 1.61. The van der Waals surface area contributed by atoms with E-state index in [9.17, 15) is 0 Å². The van der Waals surface area contributed by atoms with Crippen LogP contribution in [-0.2, 0) is 10.3 Å². The molecule has 2 heterocycles. The number of thiazole rings is 1. The minimum atomic E-state index is -0.184. The standard InChI is InChI=1S/C12H13NOS/c1-11(2)12(3,14-11)10-13-8-6-4-5-7-9(8)15-10/h4-7H,1-3H3/t12-/m0/s1. The number of epoxide rings is 1. The predicted octanol–water partition coefficient (Wildman–Crippen LogP) is 3.32. The number of fused-ring (bicyclic) bond motifs is 1. The van der Waals surface area contributed by atoms with E-state index in [1.54, 1.807) is 11.3 Å². The average Bonchev–Trinajstić information content (AvgIpc) is 2.61.